The molecule has 0 bridgehead atoms. The Kier molecular flexibility index (Phi) is 6.79. The smallest absolute Gasteiger partial charge is 0.257 e. The topological polar surface area (TPSA) is 82.2 Å². The highest BCUT2D eigenvalue weighted by Crippen LogP contribution is 2.32. The van der Waals surface area contributed by atoms with Crippen molar-refractivity contribution in [2.75, 3.05) is 19.6 Å². The molecule has 1 atom stereocenters. The van der Waals surface area contributed by atoms with E-state index in [9.17, 15) is 9.59 Å². The predicted octanol–water partition coefficient (Wildman–Crippen LogP) is 2.97. The number of H-pyrrole nitrogens is 1. The van der Waals surface area contributed by atoms with Gasteiger partial charge in [-0.25, -0.2) is 0 Å². The number of carbonyl (C=O) groups is 2. The third-order valence-corrected chi connectivity index (χ3v) is 5.48. The number of hydrogen-bond donors (Lipinski definition) is 1. The normalized spacial score (nSPS) is 16.8. The average molecular weight is 383 g/mol. The quantitative estimate of drug-likeness (QED) is 0.797. The van der Waals surface area contributed by atoms with Gasteiger partial charge in [-0.05, 0) is 57.2 Å². The van der Waals surface area contributed by atoms with Crippen LogP contribution in [0.5, 0.6) is 0 Å². The third kappa shape index (κ3) is 4.40. The molecule has 2 aromatic rings. The molecule has 1 aliphatic heterocycles. The highest BCUT2D eigenvalue weighted by atomic mass is 16.2. The molecule has 3 heterocycles. The van der Waals surface area contributed by atoms with Crippen molar-refractivity contribution in [3.63, 3.8) is 0 Å². The van der Waals surface area contributed by atoms with Crippen LogP contribution in [0.3, 0.4) is 0 Å². The summed E-state index contributed by atoms with van der Waals surface area (Å²) in [5.41, 5.74) is 2.47. The molecule has 1 unspecified atom stereocenters. The van der Waals surface area contributed by atoms with E-state index in [1.54, 1.807) is 23.5 Å². The van der Waals surface area contributed by atoms with Crippen LogP contribution in [0.25, 0.3) is 0 Å². The van der Waals surface area contributed by atoms with Gasteiger partial charge < -0.3 is 9.80 Å². The Morgan fingerprint density at radius 2 is 1.96 bits per heavy atom. The lowest BCUT2D eigenvalue weighted by Gasteiger charge is -2.36. The highest BCUT2D eigenvalue weighted by molar-refractivity contribution is 5.95. The number of aryl methyl sites for hydroxylation is 1. The van der Waals surface area contributed by atoms with Gasteiger partial charge in [-0.2, -0.15) is 5.10 Å². The molecule has 0 saturated carbocycles. The van der Waals surface area contributed by atoms with E-state index in [1.165, 1.54) is 0 Å². The van der Waals surface area contributed by atoms with E-state index in [4.69, 9.17) is 0 Å². The molecule has 1 aliphatic rings. The first-order valence-electron chi connectivity index (χ1n) is 10.2. The van der Waals surface area contributed by atoms with Crippen LogP contribution in [0.4, 0.5) is 0 Å². The molecule has 7 nitrogen and oxygen atoms in total. The van der Waals surface area contributed by atoms with Crippen molar-refractivity contribution < 1.29 is 9.59 Å². The van der Waals surface area contributed by atoms with E-state index in [-0.39, 0.29) is 17.9 Å². The molecule has 1 N–H and O–H groups in total. The van der Waals surface area contributed by atoms with Crippen molar-refractivity contribution >= 4 is 11.8 Å². The average Bonchev–Trinajstić information content (AvgIpc) is 3.23. The van der Waals surface area contributed by atoms with Crippen molar-refractivity contribution in [1.29, 1.82) is 0 Å². The number of pyridine rings is 1. The second-order valence-corrected chi connectivity index (χ2v) is 7.13. The zero-order valence-electron chi connectivity index (χ0n) is 16.7. The molecule has 2 aromatic heterocycles. The van der Waals surface area contributed by atoms with E-state index in [0.717, 1.165) is 37.1 Å². The van der Waals surface area contributed by atoms with E-state index >= 15 is 0 Å². The van der Waals surface area contributed by atoms with Gasteiger partial charge in [0.15, 0.2) is 0 Å². The van der Waals surface area contributed by atoms with Crippen molar-refractivity contribution in [2.45, 2.75) is 52.0 Å². The van der Waals surface area contributed by atoms with Gasteiger partial charge in [0.05, 0.1) is 23.5 Å². The van der Waals surface area contributed by atoms with E-state index < -0.39 is 0 Å². The van der Waals surface area contributed by atoms with Crippen LogP contribution in [0.15, 0.2) is 30.7 Å². The Labute approximate surface area is 166 Å². The number of hydrogen-bond acceptors (Lipinski definition) is 4. The Morgan fingerprint density at radius 3 is 2.68 bits per heavy atom. The lowest BCUT2D eigenvalue weighted by atomic mass is 9.95. The first-order valence-corrected chi connectivity index (χ1v) is 10.2. The van der Waals surface area contributed by atoms with Gasteiger partial charge in [-0.3, -0.25) is 19.7 Å². The first-order chi connectivity index (χ1) is 13.7. The van der Waals surface area contributed by atoms with Crippen molar-refractivity contribution in [2.24, 2.45) is 0 Å². The standard InChI is InChI=1S/C21H29N5O2/c1-3-25(4-2)21(28)17-15-23-24-20(17)18-7-5-6-14-26(18)19(27)9-8-16-10-12-22-13-11-16/h10-13,15,18H,3-9,14H2,1-2H3,(H,23,24). The van der Waals surface area contributed by atoms with Crippen LogP contribution >= 0.6 is 0 Å². The number of piperidine rings is 1. The van der Waals surface area contributed by atoms with Crippen molar-refractivity contribution in [1.82, 2.24) is 25.0 Å². The number of nitrogens with zero attached hydrogens (tertiary/aromatic N) is 4. The summed E-state index contributed by atoms with van der Waals surface area (Å²) in [6, 6.07) is 3.77. The summed E-state index contributed by atoms with van der Waals surface area (Å²) in [5, 5.41) is 7.16. The van der Waals surface area contributed by atoms with Crippen LogP contribution in [-0.4, -0.2) is 56.4 Å². The maximum Gasteiger partial charge on any atom is 0.257 e. The fourth-order valence-corrected chi connectivity index (χ4v) is 3.88. The molecule has 150 valence electrons. The second kappa shape index (κ2) is 9.48. The Morgan fingerprint density at radius 1 is 1.21 bits per heavy atom. The van der Waals surface area contributed by atoms with Gasteiger partial charge in [-0.15, -0.1) is 0 Å². The van der Waals surface area contributed by atoms with Crippen LogP contribution in [0, 0.1) is 0 Å². The highest BCUT2D eigenvalue weighted by Gasteiger charge is 2.32. The molecule has 1 fully saturated rings. The summed E-state index contributed by atoms with van der Waals surface area (Å²) >= 11 is 0. The third-order valence-electron chi connectivity index (χ3n) is 5.48. The molecule has 0 spiro atoms. The fourth-order valence-electron chi connectivity index (χ4n) is 3.88. The Bertz CT molecular complexity index is 785. The van der Waals surface area contributed by atoms with E-state index in [2.05, 4.69) is 15.2 Å². The Balaban J connectivity index is 1.76. The number of rotatable bonds is 7. The summed E-state index contributed by atoms with van der Waals surface area (Å²) in [6.45, 7) is 5.96. The zero-order chi connectivity index (χ0) is 19.9. The minimum Gasteiger partial charge on any atom is -0.339 e. The first kappa shape index (κ1) is 20.0. The summed E-state index contributed by atoms with van der Waals surface area (Å²) in [7, 11) is 0. The number of aromatic nitrogens is 3. The second-order valence-electron chi connectivity index (χ2n) is 7.13. The van der Waals surface area contributed by atoms with E-state index in [0.29, 0.717) is 31.5 Å². The van der Waals surface area contributed by atoms with Gasteiger partial charge in [0.2, 0.25) is 5.91 Å². The molecule has 3 rings (SSSR count). The largest absolute Gasteiger partial charge is 0.339 e. The summed E-state index contributed by atoms with van der Waals surface area (Å²) < 4.78 is 0. The molecule has 2 amide bonds. The van der Waals surface area contributed by atoms with Crippen LogP contribution < -0.4 is 0 Å². The van der Waals surface area contributed by atoms with Crippen LogP contribution in [0.2, 0.25) is 0 Å². The number of nitrogens with one attached hydrogen (secondary N) is 1. The molecular formula is C21H29N5O2. The SMILES string of the molecule is CCN(CC)C(=O)c1cn[nH]c1C1CCCCN1C(=O)CCc1ccncc1. The van der Waals surface area contributed by atoms with Crippen LogP contribution in [0.1, 0.15) is 67.2 Å². The van der Waals surface area contributed by atoms with Gasteiger partial charge in [0, 0.05) is 38.4 Å². The number of carbonyl (C=O) groups excluding carboxylic acids is 2. The minimum atomic E-state index is -0.115. The summed E-state index contributed by atoms with van der Waals surface area (Å²) in [4.78, 5) is 33.6. The summed E-state index contributed by atoms with van der Waals surface area (Å²) in [5.74, 6) is 0.0980. The lowest BCUT2D eigenvalue weighted by Crippen LogP contribution is -2.40. The molecule has 0 radical (unpaired) electrons. The van der Waals surface area contributed by atoms with Crippen molar-refractivity contribution in [3.8, 4) is 0 Å². The van der Waals surface area contributed by atoms with Gasteiger partial charge >= 0.3 is 0 Å². The molecule has 0 aromatic carbocycles. The molecule has 7 heteroatoms. The van der Waals surface area contributed by atoms with E-state index in [1.807, 2.05) is 30.9 Å². The van der Waals surface area contributed by atoms with Gasteiger partial charge in [0.1, 0.15) is 0 Å². The number of likely N-dealkylation sites (tertiary alicyclic amines) is 1. The van der Waals surface area contributed by atoms with Gasteiger partial charge in [-0.1, -0.05) is 0 Å². The molecule has 0 aliphatic carbocycles. The van der Waals surface area contributed by atoms with Crippen molar-refractivity contribution in [3.05, 3.63) is 47.5 Å². The zero-order valence-corrected chi connectivity index (χ0v) is 16.7. The minimum absolute atomic E-state index is 0.0245. The maximum atomic E-state index is 13.0. The summed E-state index contributed by atoms with van der Waals surface area (Å²) in [6.07, 6.45) is 9.12. The maximum absolute atomic E-state index is 13.0. The molecule has 1 saturated heterocycles. The number of amides is 2. The molecular weight excluding hydrogens is 354 g/mol. The molecule has 28 heavy (non-hydrogen) atoms. The fraction of sp³-hybridized carbons (Fsp3) is 0.524. The predicted molar refractivity (Wildman–Crippen MR) is 107 cm³/mol. The lowest BCUT2D eigenvalue weighted by molar-refractivity contribution is -0.135. The van der Waals surface area contributed by atoms with Crippen LogP contribution in [-0.2, 0) is 11.2 Å². The van der Waals surface area contributed by atoms with Gasteiger partial charge in [0.25, 0.3) is 5.91 Å². The Hall–Kier alpha value is -2.70. The number of aromatic amines is 1. The monoisotopic (exact) mass is 383 g/mol.